The molecule has 0 radical (unpaired) electrons. The lowest BCUT2D eigenvalue weighted by molar-refractivity contribution is 0.842. The Morgan fingerprint density at radius 2 is 1.68 bits per heavy atom. The second kappa shape index (κ2) is 8.24. The highest BCUT2D eigenvalue weighted by Gasteiger charge is 2.11. The molecule has 5 heteroatoms. The highest BCUT2D eigenvalue weighted by atomic mass is 15.2. The Hall–Kier alpha value is -2.95. The van der Waals surface area contributed by atoms with Crippen molar-refractivity contribution in [3.63, 3.8) is 0 Å². The molecule has 0 aliphatic rings. The largest absolute Gasteiger partial charge is 0.364 e. The smallest absolute Gasteiger partial charge is 0.163 e. The van der Waals surface area contributed by atoms with Gasteiger partial charge in [0, 0.05) is 30.9 Å². The number of pyridine rings is 1. The topological polar surface area (TPSA) is 53.9 Å². The van der Waals surface area contributed by atoms with E-state index in [2.05, 4.69) is 29.0 Å². The second-order valence-electron chi connectivity index (χ2n) is 5.65. The summed E-state index contributed by atoms with van der Waals surface area (Å²) in [4.78, 5) is 16.0. The zero-order chi connectivity index (χ0) is 17.5. The van der Waals surface area contributed by atoms with Crippen LogP contribution in [0.4, 0.5) is 11.6 Å². The van der Waals surface area contributed by atoms with Gasteiger partial charge in [-0.1, -0.05) is 36.4 Å². The normalized spacial score (nSPS) is 10.5. The van der Waals surface area contributed by atoms with Crippen LogP contribution in [-0.4, -0.2) is 28.0 Å². The highest BCUT2D eigenvalue weighted by molar-refractivity contribution is 5.61. The molecule has 25 heavy (non-hydrogen) atoms. The molecule has 128 valence electrons. The summed E-state index contributed by atoms with van der Waals surface area (Å²) in [6.45, 7) is 6.70. The fourth-order valence-electron chi connectivity index (χ4n) is 2.63. The van der Waals surface area contributed by atoms with Crippen LogP contribution in [0.5, 0.6) is 0 Å². The Morgan fingerprint density at radius 1 is 0.920 bits per heavy atom. The minimum atomic E-state index is 0.629. The molecule has 2 heterocycles. The number of anilines is 2. The zero-order valence-corrected chi connectivity index (χ0v) is 14.7. The van der Waals surface area contributed by atoms with Gasteiger partial charge in [-0.15, -0.1) is 0 Å². The molecule has 0 fully saturated rings. The number of rotatable bonds is 7. The van der Waals surface area contributed by atoms with Gasteiger partial charge in [0.05, 0.1) is 12.2 Å². The van der Waals surface area contributed by atoms with Crippen molar-refractivity contribution in [2.45, 2.75) is 20.4 Å². The zero-order valence-electron chi connectivity index (χ0n) is 14.7. The molecule has 0 saturated heterocycles. The van der Waals surface area contributed by atoms with Gasteiger partial charge in [-0.3, -0.25) is 4.98 Å². The lowest BCUT2D eigenvalue weighted by Crippen LogP contribution is -2.23. The SMILES string of the molecule is CCN(CC)c1cc(NCc2ccccn2)nc(-c2ccccc2)n1. The summed E-state index contributed by atoms with van der Waals surface area (Å²) >= 11 is 0. The summed E-state index contributed by atoms with van der Waals surface area (Å²) in [6.07, 6.45) is 1.80. The molecule has 0 bridgehead atoms. The average molecular weight is 333 g/mol. The van der Waals surface area contributed by atoms with E-state index in [-0.39, 0.29) is 0 Å². The van der Waals surface area contributed by atoms with Gasteiger partial charge in [-0.25, -0.2) is 9.97 Å². The van der Waals surface area contributed by atoms with E-state index in [1.807, 2.05) is 54.6 Å². The summed E-state index contributed by atoms with van der Waals surface area (Å²) in [5, 5.41) is 3.37. The molecule has 0 aliphatic carbocycles. The Morgan fingerprint density at radius 3 is 2.36 bits per heavy atom. The molecule has 3 aromatic rings. The first-order valence-electron chi connectivity index (χ1n) is 8.63. The van der Waals surface area contributed by atoms with Crippen molar-refractivity contribution in [3.05, 3.63) is 66.5 Å². The van der Waals surface area contributed by atoms with Gasteiger partial charge in [0.1, 0.15) is 11.6 Å². The van der Waals surface area contributed by atoms with Crippen molar-refractivity contribution in [2.24, 2.45) is 0 Å². The lowest BCUT2D eigenvalue weighted by Gasteiger charge is -2.21. The van der Waals surface area contributed by atoms with Crippen LogP contribution in [0, 0.1) is 0 Å². The maximum Gasteiger partial charge on any atom is 0.163 e. The summed E-state index contributed by atoms with van der Waals surface area (Å²) < 4.78 is 0. The molecule has 5 nitrogen and oxygen atoms in total. The van der Waals surface area contributed by atoms with Gasteiger partial charge in [0.25, 0.3) is 0 Å². The number of aromatic nitrogens is 3. The molecule has 0 amide bonds. The van der Waals surface area contributed by atoms with E-state index >= 15 is 0 Å². The second-order valence-corrected chi connectivity index (χ2v) is 5.65. The predicted octanol–water partition coefficient (Wildman–Crippen LogP) is 4.00. The molecule has 0 saturated carbocycles. The monoisotopic (exact) mass is 333 g/mol. The molecule has 1 aromatic carbocycles. The van der Waals surface area contributed by atoms with Crippen LogP contribution >= 0.6 is 0 Å². The molecule has 0 spiro atoms. The van der Waals surface area contributed by atoms with E-state index in [0.717, 1.165) is 41.8 Å². The van der Waals surface area contributed by atoms with E-state index in [4.69, 9.17) is 9.97 Å². The molecular weight excluding hydrogens is 310 g/mol. The van der Waals surface area contributed by atoms with Gasteiger partial charge < -0.3 is 10.2 Å². The Bertz CT molecular complexity index is 786. The number of nitrogens with one attached hydrogen (secondary N) is 1. The molecule has 1 N–H and O–H groups in total. The molecule has 2 aromatic heterocycles. The van der Waals surface area contributed by atoms with Crippen LogP contribution in [0.2, 0.25) is 0 Å². The van der Waals surface area contributed by atoms with Crippen molar-refractivity contribution in [2.75, 3.05) is 23.3 Å². The van der Waals surface area contributed by atoms with Crippen LogP contribution < -0.4 is 10.2 Å². The standard InChI is InChI=1S/C20H23N5/c1-3-25(4-2)19-14-18(22-15-17-12-8-9-13-21-17)23-20(24-19)16-10-6-5-7-11-16/h5-14H,3-4,15H2,1-2H3,(H,22,23,24). The van der Waals surface area contributed by atoms with Crippen LogP contribution in [-0.2, 0) is 6.54 Å². The maximum atomic E-state index is 4.76. The van der Waals surface area contributed by atoms with Crippen molar-refractivity contribution >= 4 is 11.6 Å². The molecule has 3 rings (SSSR count). The summed E-state index contributed by atoms with van der Waals surface area (Å²) in [6, 6.07) is 18.0. The fraction of sp³-hybridized carbons (Fsp3) is 0.250. The quantitative estimate of drug-likeness (QED) is 0.708. The number of nitrogens with zero attached hydrogens (tertiary/aromatic N) is 4. The van der Waals surface area contributed by atoms with Gasteiger partial charge in [0.15, 0.2) is 5.82 Å². The first-order valence-corrected chi connectivity index (χ1v) is 8.63. The minimum absolute atomic E-state index is 0.629. The maximum absolute atomic E-state index is 4.76. The average Bonchev–Trinajstić information content (AvgIpc) is 2.69. The third-order valence-electron chi connectivity index (χ3n) is 4.01. The number of hydrogen-bond acceptors (Lipinski definition) is 5. The Kier molecular flexibility index (Phi) is 5.57. The van der Waals surface area contributed by atoms with E-state index in [1.54, 1.807) is 6.20 Å². The van der Waals surface area contributed by atoms with E-state index in [1.165, 1.54) is 0 Å². The highest BCUT2D eigenvalue weighted by Crippen LogP contribution is 2.22. The Labute approximate surface area is 148 Å². The number of hydrogen-bond donors (Lipinski definition) is 1. The summed E-state index contributed by atoms with van der Waals surface area (Å²) in [5.74, 6) is 2.47. The third-order valence-corrected chi connectivity index (χ3v) is 4.01. The summed E-state index contributed by atoms with van der Waals surface area (Å²) in [5.41, 5.74) is 1.99. The number of benzene rings is 1. The van der Waals surface area contributed by atoms with Crippen molar-refractivity contribution in [1.29, 1.82) is 0 Å². The third kappa shape index (κ3) is 4.32. The predicted molar refractivity (Wildman–Crippen MR) is 103 cm³/mol. The summed E-state index contributed by atoms with van der Waals surface area (Å²) in [7, 11) is 0. The van der Waals surface area contributed by atoms with Crippen molar-refractivity contribution < 1.29 is 0 Å². The molecule has 0 aliphatic heterocycles. The van der Waals surface area contributed by atoms with Gasteiger partial charge in [-0.2, -0.15) is 0 Å². The van der Waals surface area contributed by atoms with E-state index in [0.29, 0.717) is 6.54 Å². The minimum Gasteiger partial charge on any atom is -0.364 e. The molecule has 0 unspecified atom stereocenters. The van der Waals surface area contributed by atoms with Gasteiger partial charge in [0.2, 0.25) is 0 Å². The Balaban J connectivity index is 1.92. The first kappa shape index (κ1) is 16.9. The van der Waals surface area contributed by atoms with E-state index in [9.17, 15) is 0 Å². The molecular formula is C20H23N5. The van der Waals surface area contributed by atoms with Crippen LogP contribution in [0.3, 0.4) is 0 Å². The van der Waals surface area contributed by atoms with Crippen LogP contribution in [0.25, 0.3) is 11.4 Å². The van der Waals surface area contributed by atoms with E-state index < -0.39 is 0 Å². The van der Waals surface area contributed by atoms with Crippen LogP contribution in [0.1, 0.15) is 19.5 Å². The molecule has 0 atom stereocenters. The van der Waals surface area contributed by atoms with Crippen LogP contribution in [0.15, 0.2) is 60.8 Å². The van der Waals surface area contributed by atoms with Crippen molar-refractivity contribution in [1.82, 2.24) is 15.0 Å². The fourth-order valence-corrected chi connectivity index (χ4v) is 2.63. The first-order chi connectivity index (χ1) is 12.3. The van der Waals surface area contributed by atoms with Gasteiger partial charge >= 0.3 is 0 Å². The lowest BCUT2D eigenvalue weighted by atomic mass is 10.2. The van der Waals surface area contributed by atoms with Gasteiger partial charge in [-0.05, 0) is 26.0 Å². The van der Waals surface area contributed by atoms with Crippen molar-refractivity contribution in [3.8, 4) is 11.4 Å².